The lowest BCUT2D eigenvalue weighted by Crippen LogP contribution is -2.64. The van der Waals surface area contributed by atoms with E-state index in [9.17, 15) is 9.59 Å². The van der Waals surface area contributed by atoms with Crippen LogP contribution in [0.5, 0.6) is 0 Å². The second-order valence-electron chi connectivity index (χ2n) is 12.2. The zero-order valence-corrected chi connectivity index (χ0v) is 26.6. The molecule has 0 radical (unpaired) electrons. The Labute approximate surface area is 259 Å². The van der Waals surface area contributed by atoms with Crippen molar-refractivity contribution >= 4 is 45.9 Å². The number of likely N-dealkylation sites (tertiary alicyclic amines) is 2. The number of likely N-dealkylation sites (N-methyl/N-ethyl adjacent to an activating group) is 2. The number of nitrogens with zero attached hydrogens (tertiary/aromatic N) is 4. The summed E-state index contributed by atoms with van der Waals surface area (Å²) in [5.74, 6) is 0.326. The van der Waals surface area contributed by atoms with Crippen LogP contribution in [0.1, 0.15) is 60.4 Å². The number of nitrogens with one attached hydrogen (secondary N) is 1. The molecule has 9 heteroatoms. The van der Waals surface area contributed by atoms with Crippen LogP contribution in [0.2, 0.25) is 10.0 Å². The standard InChI is InChI=1S/C33H43Cl2N5O2/c1-37(2)32(42)33(40-16-5-4-6-17-40)13-19-39(20-14-33)18-12-27(24-7-9-28(34)29(35)22-24)23-38(3)31(41)26-8-10-30-25(21-26)11-15-36-30/h7-11,15,21-22,27,36H,4-6,12-14,16-20,23H2,1-3H3. The third kappa shape index (κ3) is 6.65. The molecule has 3 aromatic rings. The van der Waals surface area contributed by atoms with Crippen LogP contribution in [0.15, 0.2) is 48.7 Å². The topological polar surface area (TPSA) is 62.9 Å². The molecule has 2 fully saturated rings. The Bertz CT molecular complexity index is 1390. The molecular weight excluding hydrogens is 569 g/mol. The number of fused-ring (bicyclic) bond motifs is 1. The molecule has 7 nitrogen and oxygen atoms in total. The van der Waals surface area contributed by atoms with Gasteiger partial charge < -0.3 is 19.7 Å². The van der Waals surface area contributed by atoms with Crippen LogP contribution < -0.4 is 0 Å². The first-order valence-corrected chi connectivity index (χ1v) is 15.9. The number of hydrogen-bond donors (Lipinski definition) is 1. The van der Waals surface area contributed by atoms with Gasteiger partial charge in [-0.05, 0) is 93.7 Å². The lowest BCUT2D eigenvalue weighted by Gasteiger charge is -2.50. The summed E-state index contributed by atoms with van der Waals surface area (Å²) in [7, 11) is 5.64. The highest BCUT2D eigenvalue weighted by atomic mass is 35.5. The van der Waals surface area contributed by atoms with Crippen molar-refractivity contribution < 1.29 is 9.59 Å². The average molecular weight is 613 g/mol. The maximum absolute atomic E-state index is 13.5. The van der Waals surface area contributed by atoms with Gasteiger partial charge in [-0.15, -0.1) is 0 Å². The number of aromatic amines is 1. The molecule has 2 aliphatic rings. The van der Waals surface area contributed by atoms with E-state index >= 15 is 0 Å². The van der Waals surface area contributed by atoms with Crippen molar-refractivity contribution in [2.45, 2.75) is 50.0 Å². The molecule has 0 aliphatic carbocycles. The minimum absolute atomic E-state index is 0.00496. The first-order valence-electron chi connectivity index (χ1n) is 15.1. The quantitative estimate of drug-likeness (QED) is 0.316. The normalized spacial score (nSPS) is 18.6. The minimum Gasteiger partial charge on any atom is -0.361 e. The second kappa shape index (κ2) is 13.4. The van der Waals surface area contributed by atoms with E-state index in [4.69, 9.17) is 23.2 Å². The average Bonchev–Trinajstić information content (AvgIpc) is 3.48. The monoisotopic (exact) mass is 611 g/mol. The third-order valence-corrected chi connectivity index (χ3v) is 10.0. The maximum atomic E-state index is 13.5. The SMILES string of the molecule is CN(C)C(=O)C1(N2CCCCC2)CCN(CCC(CN(C)C(=O)c2ccc3[nH]ccc3c2)c2ccc(Cl)c(Cl)c2)CC1. The number of carbonyl (C=O) groups is 2. The van der Waals surface area contributed by atoms with Gasteiger partial charge in [0.2, 0.25) is 5.91 Å². The van der Waals surface area contributed by atoms with E-state index in [0.29, 0.717) is 22.2 Å². The van der Waals surface area contributed by atoms with Gasteiger partial charge in [-0.25, -0.2) is 0 Å². The highest BCUT2D eigenvalue weighted by Crippen LogP contribution is 2.34. The van der Waals surface area contributed by atoms with Crippen molar-refractivity contribution in [3.63, 3.8) is 0 Å². The van der Waals surface area contributed by atoms with Crippen molar-refractivity contribution in [1.82, 2.24) is 24.6 Å². The van der Waals surface area contributed by atoms with E-state index in [-0.39, 0.29) is 17.7 Å². The molecule has 1 atom stereocenters. The molecule has 1 N–H and O–H groups in total. The molecule has 0 saturated carbocycles. The largest absolute Gasteiger partial charge is 0.361 e. The lowest BCUT2D eigenvalue weighted by atomic mass is 9.82. The number of piperidine rings is 2. The number of hydrogen-bond acceptors (Lipinski definition) is 4. The fraction of sp³-hybridized carbons (Fsp3) is 0.515. The Morgan fingerprint density at radius 3 is 2.36 bits per heavy atom. The van der Waals surface area contributed by atoms with E-state index in [1.54, 1.807) is 4.90 Å². The van der Waals surface area contributed by atoms with Crippen molar-refractivity contribution in [3.05, 3.63) is 69.8 Å². The Kier molecular flexibility index (Phi) is 9.83. The Morgan fingerprint density at radius 2 is 1.67 bits per heavy atom. The molecule has 42 heavy (non-hydrogen) atoms. The van der Waals surface area contributed by atoms with Gasteiger partial charge in [0.25, 0.3) is 5.91 Å². The van der Waals surface area contributed by atoms with Gasteiger partial charge in [0.15, 0.2) is 0 Å². The molecule has 2 amide bonds. The van der Waals surface area contributed by atoms with Gasteiger partial charge in [-0.3, -0.25) is 14.5 Å². The van der Waals surface area contributed by atoms with Gasteiger partial charge in [-0.2, -0.15) is 0 Å². The van der Waals surface area contributed by atoms with E-state index in [1.807, 2.05) is 74.7 Å². The Hall–Kier alpha value is -2.58. The van der Waals surface area contributed by atoms with Gasteiger partial charge in [0.1, 0.15) is 5.54 Å². The van der Waals surface area contributed by atoms with Crippen LogP contribution in [0.4, 0.5) is 0 Å². The summed E-state index contributed by atoms with van der Waals surface area (Å²) in [6, 6.07) is 13.6. The highest BCUT2D eigenvalue weighted by molar-refractivity contribution is 6.42. The maximum Gasteiger partial charge on any atom is 0.253 e. The van der Waals surface area contributed by atoms with Crippen LogP contribution in [0, 0.1) is 0 Å². The third-order valence-electron chi connectivity index (χ3n) is 9.30. The summed E-state index contributed by atoms with van der Waals surface area (Å²) in [4.78, 5) is 38.7. The van der Waals surface area contributed by atoms with Crippen molar-refractivity contribution in [2.75, 3.05) is 60.4 Å². The minimum atomic E-state index is -0.392. The van der Waals surface area contributed by atoms with E-state index in [0.717, 1.165) is 68.5 Å². The zero-order valence-electron chi connectivity index (χ0n) is 25.0. The van der Waals surface area contributed by atoms with Crippen molar-refractivity contribution in [1.29, 1.82) is 0 Å². The molecule has 0 spiro atoms. The molecule has 0 bridgehead atoms. The number of H-pyrrole nitrogens is 1. The molecule has 2 saturated heterocycles. The van der Waals surface area contributed by atoms with Crippen LogP contribution in [-0.4, -0.2) is 102 Å². The molecule has 3 heterocycles. The predicted octanol–water partition coefficient (Wildman–Crippen LogP) is 6.13. The predicted molar refractivity (Wildman–Crippen MR) is 172 cm³/mol. The van der Waals surface area contributed by atoms with Crippen LogP contribution in [0.25, 0.3) is 10.9 Å². The second-order valence-corrected chi connectivity index (χ2v) is 13.1. The molecule has 1 aromatic heterocycles. The Morgan fingerprint density at radius 1 is 0.929 bits per heavy atom. The first kappa shape index (κ1) is 30.9. The molecule has 226 valence electrons. The first-order chi connectivity index (χ1) is 20.2. The lowest BCUT2D eigenvalue weighted by molar-refractivity contribution is -0.147. The fourth-order valence-corrected chi connectivity index (χ4v) is 7.14. The number of carbonyl (C=O) groups excluding carboxylic acids is 2. The van der Waals surface area contributed by atoms with Crippen molar-refractivity contribution in [3.8, 4) is 0 Å². The summed E-state index contributed by atoms with van der Waals surface area (Å²) in [6.07, 6.45) is 8.04. The van der Waals surface area contributed by atoms with Crippen LogP contribution in [-0.2, 0) is 4.79 Å². The van der Waals surface area contributed by atoms with E-state index < -0.39 is 5.54 Å². The Balaban J connectivity index is 1.28. The summed E-state index contributed by atoms with van der Waals surface area (Å²) in [6.45, 7) is 5.24. The number of rotatable bonds is 9. The number of halogens is 2. The fourth-order valence-electron chi connectivity index (χ4n) is 6.84. The van der Waals surface area contributed by atoms with Crippen LogP contribution in [0.3, 0.4) is 0 Å². The molecule has 1 unspecified atom stereocenters. The molecule has 2 aromatic carbocycles. The molecule has 5 rings (SSSR count). The summed E-state index contributed by atoms with van der Waals surface area (Å²) >= 11 is 12.7. The van der Waals surface area contributed by atoms with Crippen molar-refractivity contribution in [2.24, 2.45) is 0 Å². The number of aromatic nitrogens is 1. The molecular formula is C33H43Cl2N5O2. The highest BCUT2D eigenvalue weighted by Gasteiger charge is 2.47. The van der Waals surface area contributed by atoms with E-state index in [2.05, 4.69) is 14.8 Å². The van der Waals surface area contributed by atoms with Crippen LogP contribution >= 0.6 is 23.2 Å². The van der Waals surface area contributed by atoms with Gasteiger partial charge >= 0.3 is 0 Å². The van der Waals surface area contributed by atoms with Gasteiger partial charge in [0, 0.05) is 69.4 Å². The number of amides is 2. The zero-order chi connectivity index (χ0) is 29.9. The summed E-state index contributed by atoms with van der Waals surface area (Å²) < 4.78 is 0. The molecule has 2 aliphatic heterocycles. The summed E-state index contributed by atoms with van der Waals surface area (Å²) in [5, 5.41) is 2.07. The summed E-state index contributed by atoms with van der Waals surface area (Å²) in [5.41, 5.74) is 2.37. The van der Waals surface area contributed by atoms with Gasteiger partial charge in [0.05, 0.1) is 10.0 Å². The van der Waals surface area contributed by atoms with E-state index in [1.165, 1.54) is 19.3 Å². The van der Waals surface area contributed by atoms with Gasteiger partial charge in [-0.1, -0.05) is 35.7 Å². The smallest absolute Gasteiger partial charge is 0.253 e. The number of benzene rings is 2.